The number of aromatic nitrogens is 1. The largest absolute Gasteiger partial charge is 0.466 e. The topological polar surface area (TPSA) is 101 Å². The predicted molar refractivity (Wildman–Crippen MR) is 69.8 cm³/mol. The van der Waals surface area contributed by atoms with Gasteiger partial charge >= 0.3 is 18.2 Å². The van der Waals surface area contributed by atoms with Gasteiger partial charge in [-0.2, -0.15) is 13.2 Å². The van der Waals surface area contributed by atoms with E-state index in [1.54, 1.807) is 0 Å². The van der Waals surface area contributed by atoms with E-state index in [1.165, 1.54) is 36.6 Å². The Bertz CT molecular complexity index is 596. The van der Waals surface area contributed by atoms with Crippen molar-refractivity contribution in [3.05, 3.63) is 30.1 Å². The maximum absolute atomic E-state index is 13.3. The molecule has 1 aromatic heterocycles. The van der Waals surface area contributed by atoms with E-state index >= 15 is 0 Å². The van der Waals surface area contributed by atoms with E-state index in [1.807, 2.05) is 0 Å². The van der Waals surface area contributed by atoms with Crippen LogP contribution < -0.4 is 10.6 Å². The average molecular weight is 333 g/mol. The third-order valence-electron chi connectivity index (χ3n) is 3.35. The summed E-state index contributed by atoms with van der Waals surface area (Å²) in [5, 5.41) is 13.6. The fourth-order valence-corrected chi connectivity index (χ4v) is 2.34. The highest BCUT2D eigenvalue weighted by Crippen LogP contribution is 2.42. The normalized spacial score (nSPS) is 27.8. The molecule has 2 rings (SSSR count). The third-order valence-corrected chi connectivity index (χ3v) is 3.35. The minimum atomic E-state index is -5.30. The molecule has 0 aliphatic carbocycles. The first-order chi connectivity index (χ1) is 10.7. The van der Waals surface area contributed by atoms with Gasteiger partial charge in [0, 0.05) is 6.20 Å². The lowest BCUT2D eigenvalue weighted by Gasteiger charge is -2.43. The van der Waals surface area contributed by atoms with Gasteiger partial charge in [0.15, 0.2) is 0 Å². The van der Waals surface area contributed by atoms with Crippen LogP contribution in [0.15, 0.2) is 24.4 Å². The lowest BCUT2D eigenvalue weighted by molar-refractivity contribution is -0.294. The van der Waals surface area contributed by atoms with E-state index in [4.69, 9.17) is 0 Å². The van der Waals surface area contributed by atoms with Crippen molar-refractivity contribution < 1.29 is 32.6 Å². The highest BCUT2D eigenvalue weighted by molar-refractivity contribution is 5.83. The number of hydrogen-bond donors (Lipinski definition) is 3. The van der Waals surface area contributed by atoms with E-state index < -0.39 is 35.9 Å². The number of carbonyl (C=O) groups is 2. The number of nitrogens with zero attached hydrogens (tertiary/aromatic N) is 1. The average Bonchev–Trinajstić information content (AvgIpc) is 2.46. The van der Waals surface area contributed by atoms with Crippen LogP contribution in [0.25, 0.3) is 0 Å². The fourth-order valence-electron chi connectivity index (χ4n) is 2.34. The Morgan fingerprint density at radius 3 is 2.70 bits per heavy atom. The first-order valence-corrected chi connectivity index (χ1v) is 6.66. The standard InChI is InChI=1S/C13H14F3N3O4/c1-2-23-10(20)8-9(7-5-3-4-6-17-7)18-11(21)19-12(8,22)13(14,15)16/h3-6,8-9,22H,2H2,1H3,(H2,18,19,21)/t8-,9-,12-/m0/s1. The minimum Gasteiger partial charge on any atom is -0.466 e. The SMILES string of the molecule is CCOC(=O)[C@@H]1[C@H](c2ccccn2)NC(=O)N[C@@]1(O)C(F)(F)F. The quantitative estimate of drug-likeness (QED) is 0.713. The molecule has 1 aromatic rings. The molecule has 3 atom stereocenters. The number of alkyl halides is 3. The van der Waals surface area contributed by atoms with E-state index in [-0.39, 0.29) is 12.3 Å². The Kier molecular flexibility index (Phi) is 4.46. The number of ether oxygens (including phenoxy) is 1. The first-order valence-electron chi connectivity index (χ1n) is 6.66. The highest BCUT2D eigenvalue weighted by atomic mass is 19.4. The molecule has 0 radical (unpaired) electrons. The van der Waals surface area contributed by atoms with Gasteiger partial charge in [-0.05, 0) is 19.1 Å². The van der Waals surface area contributed by atoms with Crippen LogP contribution in [0.5, 0.6) is 0 Å². The van der Waals surface area contributed by atoms with Gasteiger partial charge in [0.1, 0.15) is 5.92 Å². The Morgan fingerprint density at radius 1 is 1.48 bits per heavy atom. The molecule has 0 unspecified atom stereocenters. The Hall–Kier alpha value is -2.36. The molecule has 1 aliphatic heterocycles. The van der Waals surface area contributed by atoms with Gasteiger partial charge in [0.05, 0.1) is 18.3 Å². The molecule has 2 amide bonds. The summed E-state index contributed by atoms with van der Waals surface area (Å²) >= 11 is 0. The Balaban J connectivity index is 2.54. The molecule has 1 aliphatic rings. The number of aliphatic hydroxyl groups is 1. The summed E-state index contributed by atoms with van der Waals surface area (Å²) in [6.07, 6.45) is -4.01. The van der Waals surface area contributed by atoms with Gasteiger partial charge in [0.25, 0.3) is 5.72 Å². The number of amides is 2. The molecule has 3 N–H and O–H groups in total. The maximum atomic E-state index is 13.3. The third kappa shape index (κ3) is 3.07. The van der Waals surface area contributed by atoms with Crippen molar-refractivity contribution in [2.24, 2.45) is 5.92 Å². The van der Waals surface area contributed by atoms with Crippen LogP contribution in [-0.4, -0.2) is 40.6 Å². The van der Waals surface area contributed by atoms with Crippen molar-refractivity contribution in [1.82, 2.24) is 15.6 Å². The van der Waals surface area contributed by atoms with Crippen LogP contribution in [0.4, 0.5) is 18.0 Å². The predicted octanol–water partition coefficient (Wildman–Crippen LogP) is 0.866. The number of pyridine rings is 1. The van der Waals surface area contributed by atoms with Crippen molar-refractivity contribution in [1.29, 1.82) is 0 Å². The van der Waals surface area contributed by atoms with Crippen LogP contribution in [0.2, 0.25) is 0 Å². The summed E-state index contributed by atoms with van der Waals surface area (Å²) in [6, 6.07) is 1.54. The molecule has 1 fully saturated rings. The van der Waals surface area contributed by atoms with Crippen molar-refractivity contribution in [3.8, 4) is 0 Å². The van der Waals surface area contributed by atoms with Gasteiger partial charge in [-0.1, -0.05) is 6.07 Å². The van der Waals surface area contributed by atoms with Crippen LogP contribution in [-0.2, 0) is 9.53 Å². The zero-order valence-electron chi connectivity index (χ0n) is 11.9. The van der Waals surface area contributed by atoms with Crippen LogP contribution in [0.1, 0.15) is 18.7 Å². The number of nitrogens with one attached hydrogen (secondary N) is 2. The molecule has 1 saturated heterocycles. The van der Waals surface area contributed by atoms with E-state index in [0.29, 0.717) is 0 Å². The molecular formula is C13H14F3N3O4. The summed E-state index contributed by atoms with van der Waals surface area (Å²) < 4.78 is 44.6. The molecule has 0 bridgehead atoms. The molecular weight excluding hydrogens is 319 g/mol. The second kappa shape index (κ2) is 6.03. The van der Waals surface area contributed by atoms with Gasteiger partial charge in [-0.25, -0.2) is 4.79 Å². The summed E-state index contributed by atoms with van der Waals surface area (Å²) in [5.74, 6) is -3.47. The van der Waals surface area contributed by atoms with Gasteiger partial charge in [0.2, 0.25) is 0 Å². The number of rotatable bonds is 3. The van der Waals surface area contributed by atoms with E-state index in [2.05, 4.69) is 15.0 Å². The lowest BCUT2D eigenvalue weighted by Crippen LogP contribution is -2.73. The van der Waals surface area contributed by atoms with Crippen LogP contribution in [0.3, 0.4) is 0 Å². The van der Waals surface area contributed by atoms with Crippen molar-refractivity contribution in [2.75, 3.05) is 6.61 Å². The number of carbonyl (C=O) groups excluding carboxylic acids is 2. The second-order valence-corrected chi connectivity index (χ2v) is 4.82. The number of urea groups is 1. The van der Waals surface area contributed by atoms with Crippen molar-refractivity contribution in [2.45, 2.75) is 24.9 Å². The molecule has 126 valence electrons. The number of hydrogen-bond acceptors (Lipinski definition) is 5. The fraction of sp³-hybridized carbons (Fsp3) is 0.462. The Labute approximate surface area is 128 Å². The van der Waals surface area contributed by atoms with Crippen molar-refractivity contribution in [3.63, 3.8) is 0 Å². The molecule has 2 heterocycles. The first kappa shape index (κ1) is 17.0. The summed E-state index contributed by atoms with van der Waals surface area (Å²) in [4.78, 5) is 27.5. The minimum absolute atomic E-state index is 0.0110. The molecule has 10 heteroatoms. The van der Waals surface area contributed by atoms with E-state index in [0.717, 1.165) is 0 Å². The molecule has 0 spiro atoms. The second-order valence-electron chi connectivity index (χ2n) is 4.82. The van der Waals surface area contributed by atoms with Crippen LogP contribution in [0, 0.1) is 5.92 Å². The molecule has 0 aromatic carbocycles. The summed E-state index contributed by atoms with van der Waals surface area (Å²) in [5.41, 5.74) is -3.79. The maximum Gasteiger partial charge on any atom is 0.437 e. The zero-order valence-corrected chi connectivity index (χ0v) is 11.9. The summed E-state index contributed by atoms with van der Waals surface area (Å²) in [6.45, 7) is 1.22. The van der Waals surface area contributed by atoms with E-state index in [9.17, 15) is 27.9 Å². The van der Waals surface area contributed by atoms with Gasteiger partial charge < -0.3 is 20.5 Å². The smallest absolute Gasteiger partial charge is 0.437 e. The molecule has 7 nitrogen and oxygen atoms in total. The molecule has 23 heavy (non-hydrogen) atoms. The monoisotopic (exact) mass is 333 g/mol. The number of esters is 1. The summed E-state index contributed by atoms with van der Waals surface area (Å²) in [7, 11) is 0. The zero-order chi connectivity index (χ0) is 17.3. The van der Waals surface area contributed by atoms with Gasteiger partial charge in [-0.3, -0.25) is 9.78 Å². The lowest BCUT2D eigenvalue weighted by atomic mass is 9.83. The van der Waals surface area contributed by atoms with Crippen LogP contribution >= 0.6 is 0 Å². The highest BCUT2D eigenvalue weighted by Gasteiger charge is 2.67. The van der Waals surface area contributed by atoms with Crippen molar-refractivity contribution >= 4 is 12.0 Å². The van der Waals surface area contributed by atoms with Gasteiger partial charge in [-0.15, -0.1) is 0 Å². The molecule has 0 saturated carbocycles. The Morgan fingerprint density at radius 2 is 2.17 bits per heavy atom. The number of halogens is 3.